The lowest BCUT2D eigenvalue weighted by Crippen LogP contribution is -2.34. The molecule has 0 unspecified atom stereocenters. The second kappa shape index (κ2) is 7.82. The van der Waals surface area contributed by atoms with Gasteiger partial charge in [0.05, 0.1) is 23.5 Å². The summed E-state index contributed by atoms with van der Waals surface area (Å²) in [7, 11) is -3.60. The maximum Gasteiger partial charge on any atom is 0.416 e. The Morgan fingerprint density at radius 2 is 1.69 bits per heavy atom. The van der Waals surface area contributed by atoms with E-state index in [1.165, 1.54) is 6.92 Å². The maximum atomic E-state index is 13.0. The smallest absolute Gasteiger partial charge is 0.416 e. The van der Waals surface area contributed by atoms with Crippen molar-refractivity contribution in [3.63, 3.8) is 0 Å². The molecule has 1 aromatic rings. The molecule has 0 aliphatic heterocycles. The molecule has 0 saturated heterocycles. The summed E-state index contributed by atoms with van der Waals surface area (Å²) in [5, 5.41) is 0. The minimum absolute atomic E-state index is 0.0431. The van der Waals surface area contributed by atoms with Gasteiger partial charge in [0.25, 0.3) is 0 Å². The van der Waals surface area contributed by atoms with Gasteiger partial charge in [0, 0.05) is 7.05 Å². The number of sulfonamides is 1. The highest BCUT2D eigenvalue weighted by Gasteiger charge is 2.38. The van der Waals surface area contributed by atoms with E-state index < -0.39 is 57.3 Å². The summed E-state index contributed by atoms with van der Waals surface area (Å²) in [4.78, 5) is 11.3. The molecule has 12 heteroatoms. The SMILES string of the molecule is CCOC(=O)CN(C)S(=O)(=O)Cc1cc(C(F)(F)F)ccc1C(F)(F)F. The van der Waals surface area contributed by atoms with Crippen LogP contribution in [0.5, 0.6) is 0 Å². The molecule has 0 heterocycles. The summed E-state index contributed by atoms with van der Waals surface area (Å²) in [6.07, 6.45) is -9.99. The van der Waals surface area contributed by atoms with Crippen LogP contribution >= 0.6 is 0 Å². The van der Waals surface area contributed by atoms with Gasteiger partial charge in [0.15, 0.2) is 0 Å². The van der Waals surface area contributed by atoms with E-state index in [0.29, 0.717) is 4.31 Å². The Morgan fingerprint density at radius 3 is 2.15 bits per heavy atom. The van der Waals surface area contributed by atoms with Crippen LogP contribution in [0.1, 0.15) is 23.6 Å². The van der Waals surface area contributed by atoms with Gasteiger partial charge in [-0.05, 0) is 30.7 Å². The van der Waals surface area contributed by atoms with Gasteiger partial charge in [0.1, 0.15) is 6.54 Å². The van der Waals surface area contributed by atoms with Crippen molar-refractivity contribution in [2.75, 3.05) is 20.2 Å². The van der Waals surface area contributed by atoms with Crippen LogP contribution in [0.15, 0.2) is 18.2 Å². The quantitative estimate of drug-likeness (QED) is 0.537. The largest absolute Gasteiger partial charge is 0.465 e. The first kappa shape index (κ1) is 22.2. The summed E-state index contributed by atoms with van der Waals surface area (Å²) in [5.74, 6) is -2.31. The van der Waals surface area contributed by atoms with E-state index >= 15 is 0 Å². The molecular weight excluding hydrogens is 392 g/mol. The average molecular weight is 407 g/mol. The third-order valence-corrected chi connectivity index (χ3v) is 4.96. The van der Waals surface area contributed by atoms with E-state index in [1.54, 1.807) is 0 Å². The van der Waals surface area contributed by atoms with E-state index in [9.17, 15) is 39.6 Å². The topological polar surface area (TPSA) is 63.7 Å². The van der Waals surface area contributed by atoms with Crippen LogP contribution in [0.25, 0.3) is 0 Å². The zero-order chi connectivity index (χ0) is 20.3. The molecule has 0 aliphatic rings. The van der Waals surface area contributed by atoms with Crippen LogP contribution < -0.4 is 0 Å². The van der Waals surface area contributed by atoms with E-state index in [2.05, 4.69) is 4.74 Å². The van der Waals surface area contributed by atoms with Crippen LogP contribution in [0, 0.1) is 0 Å². The van der Waals surface area contributed by atoms with Crippen LogP contribution in [-0.4, -0.2) is 38.9 Å². The van der Waals surface area contributed by atoms with Crippen molar-refractivity contribution < 1.29 is 44.3 Å². The van der Waals surface area contributed by atoms with Gasteiger partial charge in [-0.15, -0.1) is 0 Å². The third kappa shape index (κ3) is 5.87. The van der Waals surface area contributed by atoms with E-state index in [1.807, 2.05) is 0 Å². The van der Waals surface area contributed by atoms with Crippen molar-refractivity contribution in [1.29, 1.82) is 0 Å². The second-order valence-corrected chi connectivity index (χ2v) is 7.26. The zero-order valence-corrected chi connectivity index (χ0v) is 14.4. The van der Waals surface area contributed by atoms with E-state index in [4.69, 9.17) is 0 Å². The molecule has 1 rings (SSSR count). The zero-order valence-electron chi connectivity index (χ0n) is 13.6. The monoisotopic (exact) mass is 407 g/mol. The molecule has 0 aliphatic carbocycles. The first-order valence-electron chi connectivity index (χ1n) is 7.05. The number of halogens is 6. The average Bonchev–Trinajstić information content (AvgIpc) is 2.44. The molecular formula is C14H15F6NO4S. The molecule has 0 atom stereocenters. The normalized spacial score (nSPS) is 13.1. The predicted molar refractivity (Wildman–Crippen MR) is 78.3 cm³/mol. The molecule has 1 aromatic carbocycles. The number of rotatable bonds is 6. The van der Waals surface area contributed by atoms with Crippen molar-refractivity contribution in [1.82, 2.24) is 4.31 Å². The first-order chi connectivity index (χ1) is 11.7. The van der Waals surface area contributed by atoms with Gasteiger partial charge in [-0.2, -0.15) is 30.6 Å². The Bertz CT molecular complexity index is 758. The summed E-state index contributed by atoms with van der Waals surface area (Å²) in [5.41, 5.74) is -3.98. The van der Waals surface area contributed by atoms with Gasteiger partial charge in [-0.25, -0.2) is 8.42 Å². The van der Waals surface area contributed by atoms with E-state index in [-0.39, 0.29) is 24.8 Å². The Morgan fingerprint density at radius 1 is 1.12 bits per heavy atom. The number of carbonyl (C=O) groups is 1. The highest BCUT2D eigenvalue weighted by atomic mass is 32.2. The van der Waals surface area contributed by atoms with Crippen molar-refractivity contribution >= 4 is 16.0 Å². The fourth-order valence-corrected chi connectivity index (χ4v) is 3.11. The summed E-state index contributed by atoms with van der Waals surface area (Å²) in [6.45, 7) is 0.639. The predicted octanol–water partition coefficient (Wildman–Crippen LogP) is 3.05. The number of nitrogens with zero attached hydrogens (tertiary/aromatic N) is 1. The van der Waals surface area contributed by atoms with Gasteiger partial charge < -0.3 is 4.74 Å². The maximum absolute atomic E-state index is 13.0. The van der Waals surface area contributed by atoms with E-state index in [0.717, 1.165) is 7.05 Å². The standard InChI is InChI=1S/C14H15F6NO4S/c1-3-25-12(22)7-21(2)26(23,24)8-9-6-10(13(15,16)17)4-5-11(9)14(18,19)20/h4-6H,3,7-8H2,1-2H3. The molecule has 0 fully saturated rings. The first-order valence-corrected chi connectivity index (χ1v) is 8.66. The third-order valence-electron chi connectivity index (χ3n) is 3.21. The van der Waals surface area contributed by atoms with Gasteiger partial charge >= 0.3 is 18.3 Å². The Hall–Kier alpha value is -1.82. The summed E-state index contributed by atoms with van der Waals surface area (Å²) in [6, 6.07) is 0.541. The van der Waals surface area contributed by atoms with Crippen molar-refractivity contribution in [2.45, 2.75) is 25.0 Å². The molecule has 0 saturated carbocycles. The Labute approximate surface area is 145 Å². The van der Waals surface area contributed by atoms with Crippen molar-refractivity contribution in [3.8, 4) is 0 Å². The van der Waals surface area contributed by atoms with Crippen LogP contribution in [0.2, 0.25) is 0 Å². The lowest BCUT2D eigenvalue weighted by Gasteiger charge is -2.19. The molecule has 0 amide bonds. The number of alkyl halides is 6. The highest BCUT2D eigenvalue weighted by Crippen LogP contribution is 2.37. The molecule has 5 nitrogen and oxygen atoms in total. The lowest BCUT2D eigenvalue weighted by atomic mass is 10.0. The highest BCUT2D eigenvalue weighted by molar-refractivity contribution is 7.88. The second-order valence-electron chi connectivity index (χ2n) is 5.18. The fourth-order valence-electron chi connectivity index (χ4n) is 1.96. The van der Waals surface area contributed by atoms with Gasteiger partial charge in [0.2, 0.25) is 10.0 Å². The van der Waals surface area contributed by atoms with Gasteiger partial charge in [-0.3, -0.25) is 4.79 Å². The number of benzene rings is 1. The molecule has 0 aromatic heterocycles. The lowest BCUT2D eigenvalue weighted by molar-refractivity contribution is -0.143. The van der Waals surface area contributed by atoms with Crippen LogP contribution in [-0.2, 0) is 37.7 Å². The number of esters is 1. The fraction of sp³-hybridized carbons (Fsp3) is 0.500. The Kier molecular flexibility index (Phi) is 6.69. The molecule has 0 N–H and O–H groups in total. The van der Waals surface area contributed by atoms with Crippen LogP contribution in [0.4, 0.5) is 26.3 Å². The number of carbonyl (C=O) groups excluding carboxylic acids is 1. The number of hydrogen-bond acceptors (Lipinski definition) is 4. The van der Waals surface area contributed by atoms with Crippen molar-refractivity contribution in [2.24, 2.45) is 0 Å². The van der Waals surface area contributed by atoms with Crippen molar-refractivity contribution in [3.05, 3.63) is 34.9 Å². The molecule has 0 radical (unpaired) electrons. The minimum Gasteiger partial charge on any atom is -0.465 e. The summed E-state index contributed by atoms with van der Waals surface area (Å²) < 4.78 is 106. The molecule has 0 spiro atoms. The number of ether oxygens (including phenoxy) is 1. The molecule has 148 valence electrons. The minimum atomic E-state index is -5.05. The number of likely N-dealkylation sites (N-methyl/N-ethyl adjacent to an activating group) is 1. The summed E-state index contributed by atoms with van der Waals surface area (Å²) >= 11 is 0. The van der Waals surface area contributed by atoms with Gasteiger partial charge in [-0.1, -0.05) is 0 Å². The molecule has 26 heavy (non-hydrogen) atoms. The number of hydrogen-bond donors (Lipinski definition) is 0. The Balaban J connectivity index is 3.25. The molecule has 0 bridgehead atoms. The van der Waals surface area contributed by atoms with Crippen LogP contribution in [0.3, 0.4) is 0 Å².